The summed E-state index contributed by atoms with van der Waals surface area (Å²) in [6, 6.07) is 9.49. The summed E-state index contributed by atoms with van der Waals surface area (Å²) < 4.78 is 30.3. The van der Waals surface area contributed by atoms with Crippen LogP contribution in [0, 0.1) is 0 Å². The molecule has 1 amide bonds. The van der Waals surface area contributed by atoms with Crippen LogP contribution in [0.4, 0.5) is 5.69 Å². The van der Waals surface area contributed by atoms with Gasteiger partial charge in [-0.15, -0.1) is 6.58 Å². The molecule has 2 N–H and O–H groups in total. The van der Waals surface area contributed by atoms with Crippen molar-refractivity contribution in [1.29, 1.82) is 0 Å². The van der Waals surface area contributed by atoms with Gasteiger partial charge in [0.15, 0.2) is 0 Å². The molecule has 0 atom stereocenters. The minimum atomic E-state index is -3.34. The van der Waals surface area contributed by atoms with Crippen LogP contribution in [0.1, 0.15) is 10.4 Å². The number of aromatic nitrogens is 1. The zero-order chi connectivity index (χ0) is 17.6. The number of pyridine rings is 1. The van der Waals surface area contributed by atoms with Crippen LogP contribution in [-0.2, 0) is 10.0 Å². The predicted molar refractivity (Wildman–Crippen MR) is 91.7 cm³/mol. The van der Waals surface area contributed by atoms with E-state index < -0.39 is 10.0 Å². The van der Waals surface area contributed by atoms with Crippen molar-refractivity contribution in [2.75, 3.05) is 17.5 Å². The Bertz CT molecular complexity index is 833. The first kappa shape index (κ1) is 17.5. The van der Waals surface area contributed by atoms with E-state index in [1.54, 1.807) is 42.5 Å². The molecule has 1 heterocycles. The van der Waals surface area contributed by atoms with Crippen LogP contribution in [0.5, 0.6) is 11.6 Å². The molecular formula is C16H17N3O4S. The highest BCUT2D eigenvalue weighted by molar-refractivity contribution is 7.92. The molecular weight excluding hydrogens is 330 g/mol. The number of ether oxygens (including phenoxy) is 1. The number of carbonyl (C=O) groups excluding carboxylic acids is 1. The van der Waals surface area contributed by atoms with Gasteiger partial charge in [-0.3, -0.25) is 9.52 Å². The topological polar surface area (TPSA) is 97.4 Å². The lowest BCUT2D eigenvalue weighted by Gasteiger charge is -2.10. The highest BCUT2D eigenvalue weighted by Gasteiger charge is 2.13. The molecule has 0 aliphatic carbocycles. The Morgan fingerprint density at radius 1 is 1.29 bits per heavy atom. The number of rotatable bonds is 7. The number of sulfonamides is 1. The monoisotopic (exact) mass is 347 g/mol. The van der Waals surface area contributed by atoms with Gasteiger partial charge in [-0.25, -0.2) is 13.4 Å². The number of nitrogens with one attached hydrogen (secondary N) is 2. The normalized spacial score (nSPS) is 10.7. The maximum absolute atomic E-state index is 12.1. The lowest BCUT2D eigenvalue weighted by Crippen LogP contribution is -2.23. The Hall–Kier alpha value is -2.87. The van der Waals surface area contributed by atoms with Crippen LogP contribution < -0.4 is 14.8 Å². The van der Waals surface area contributed by atoms with E-state index in [1.807, 2.05) is 0 Å². The van der Waals surface area contributed by atoms with E-state index in [0.29, 0.717) is 18.0 Å². The fraction of sp³-hybridized carbons (Fsp3) is 0.125. The summed E-state index contributed by atoms with van der Waals surface area (Å²) in [5.41, 5.74) is 0.701. The summed E-state index contributed by atoms with van der Waals surface area (Å²) in [6.07, 6.45) is 4.15. The highest BCUT2D eigenvalue weighted by Crippen LogP contribution is 2.24. The second kappa shape index (κ2) is 7.60. The summed E-state index contributed by atoms with van der Waals surface area (Å²) in [7, 11) is -3.34. The zero-order valence-corrected chi connectivity index (χ0v) is 13.8. The molecule has 0 bridgehead atoms. The van der Waals surface area contributed by atoms with Gasteiger partial charge in [0.1, 0.15) is 11.3 Å². The average Bonchev–Trinajstić information content (AvgIpc) is 2.53. The van der Waals surface area contributed by atoms with Gasteiger partial charge in [-0.2, -0.15) is 0 Å². The van der Waals surface area contributed by atoms with Gasteiger partial charge in [-0.05, 0) is 36.4 Å². The molecule has 0 radical (unpaired) electrons. The summed E-state index contributed by atoms with van der Waals surface area (Å²) in [5.74, 6) is 0.252. The van der Waals surface area contributed by atoms with E-state index in [2.05, 4.69) is 21.6 Å². The molecule has 8 heteroatoms. The van der Waals surface area contributed by atoms with Crippen LogP contribution in [0.25, 0.3) is 0 Å². The average molecular weight is 347 g/mol. The van der Waals surface area contributed by atoms with Gasteiger partial charge in [0, 0.05) is 18.4 Å². The third kappa shape index (κ3) is 5.10. The number of hydrogen-bond donors (Lipinski definition) is 2. The second-order valence-electron chi connectivity index (χ2n) is 4.86. The summed E-state index contributed by atoms with van der Waals surface area (Å²) >= 11 is 0. The fourth-order valence-electron chi connectivity index (χ4n) is 1.82. The van der Waals surface area contributed by atoms with Crippen LogP contribution >= 0.6 is 0 Å². The fourth-order valence-corrected chi connectivity index (χ4v) is 2.39. The van der Waals surface area contributed by atoms with Crippen LogP contribution in [0.2, 0.25) is 0 Å². The van der Waals surface area contributed by atoms with E-state index in [0.717, 1.165) is 6.26 Å². The quantitative estimate of drug-likeness (QED) is 0.748. The SMILES string of the molecule is C=CCNC(=O)c1cccnc1Oc1ccc(NS(C)(=O)=O)cc1. The Morgan fingerprint density at radius 2 is 2.00 bits per heavy atom. The van der Waals surface area contributed by atoms with Crippen molar-refractivity contribution in [3.63, 3.8) is 0 Å². The van der Waals surface area contributed by atoms with Crippen molar-refractivity contribution < 1.29 is 17.9 Å². The number of anilines is 1. The molecule has 1 aromatic carbocycles. The first-order valence-electron chi connectivity index (χ1n) is 6.99. The van der Waals surface area contributed by atoms with E-state index in [4.69, 9.17) is 4.74 Å². The molecule has 2 aromatic rings. The van der Waals surface area contributed by atoms with E-state index in [9.17, 15) is 13.2 Å². The molecule has 24 heavy (non-hydrogen) atoms. The van der Waals surface area contributed by atoms with E-state index in [-0.39, 0.29) is 17.4 Å². The van der Waals surface area contributed by atoms with Gasteiger partial charge in [0.2, 0.25) is 15.9 Å². The number of hydrogen-bond acceptors (Lipinski definition) is 5. The molecule has 2 rings (SSSR count). The third-order valence-electron chi connectivity index (χ3n) is 2.79. The van der Waals surface area contributed by atoms with Gasteiger partial charge < -0.3 is 10.1 Å². The standard InChI is InChI=1S/C16H17N3O4S/c1-3-10-17-15(20)14-5-4-11-18-16(14)23-13-8-6-12(7-9-13)19-24(2,21)22/h3-9,11,19H,1,10H2,2H3,(H,17,20). The lowest BCUT2D eigenvalue weighted by molar-refractivity contribution is 0.0955. The molecule has 0 spiro atoms. The van der Waals surface area contributed by atoms with Crippen molar-refractivity contribution in [2.45, 2.75) is 0 Å². The molecule has 0 fully saturated rings. The smallest absolute Gasteiger partial charge is 0.257 e. The maximum Gasteiger partial charge on any atom is 0.257 e. The first-order chi connectivity index (χ1) is 11.4. The first-order valence-corrected chi connectivity index (χ1v) is 8.88. The molecule has 7 nitrogen and oxygen atoms in total. The Balaban J connectivity index is 2.16. The second-order valence-corrected chi connectivity index (χ2v) is 6.60. The molecule has 0 unspecified atom stereocenters. The van der Waals surface area contributed by atoms with Gasteiger partial charge >= 0.3 is 0 Å². The molecule has 0 aliphatic heterocycles. The Kier molecular flexibility index (Phi) is 5.54. The maximum atomic E-state index is 12.1. The van der Waals surface area contributed by atoms with Crippen molar-refractivity contribution >= 4 is 21.6 Å². The highest BCUT2D eigenvalue weighted by atomic mass is 32.2. The molecule has 0 saturated heterocycles. The van der Waals surface area contributed by atoms with Crippen molar-refractivity contribution in [2.24, 2.45) is 0 Å². The Morgan fingerprint density at radius 3 is 2.62 bits per heavy atom. The van der Waals surface area contributed by atoms with Crippen molar-refractivity contribution in [1.82, 2.24) is 10.3 Å². The van der Waals surface area contributed by atoms with Crippen LogP contribution in [0.15, 0.2) is 55.3 Å². The number of carbonyl (C=O) groups is 1. The number of benzene rings is 1. The Labute approximate surface area is 140 Å². The minimum Gasteiger partial charge on any atom is -0.438 e. The molecule has 0 saturated carbocycles. The third-order valence-corrected chi connectivity index (χ3v) is 3.40. The molecule has 1 aromatic heterocycles. The number of amides is 1. The van der Waals surface area contributed by atoms with Crippen molar-refractivity contribution in [3.05, 3.63) is 60.8 Å². The van der Waals surface area contributed by atoms with Gasteiger partial charge in [0.25, 0.3) is 5.91 Å². The predicted octanol–water partition coefficient (Wildman–Crippen LogP) is 2.16. The van der Waals surface area contributed by atoms with Crippen molar-refractivity contribution in [3.8, 4) is 11.6 Å². The molecule has 126 valence electrons. The zero-order valence-electron chi connectivity index (χ0n) is 13.0. The van der Waals surface area contributed by atoms with Gasteiger partial charge in [0.05, 0.1) is 6.26 Å². The van der Waals surface area contributed by atoms with Gasteiger partial charge in [-0.1, -0.05) is 6.08 Å². The molecule has 0 aliphatic rings. The summed E-state index contributed by atoms with van der Waals surface area (Å²) in [6.45, 7) is 3.87. The van der Waals surface area contributed by atoms with Crippen LogP contribution in [-0.4, -0.2) is 32.1 Å². The lowest BCUT2D eigenvalue weighted by atomic mass is 10.2. The van der Waals surface area contributed by atoms with E-state index >= 15 is 0 Å². The largest absolute Gasteiger partial charge is 0.438 e. The summed E-state index contributed by atoms with van der Waals surface area (Å²) in [5, 5.41) is 2.66. The van der Waals surface area contributed by atoms with E-state index in [1.165, 1.54) is 6.20 Å². The van der Waals surface area contributed by atoms with Crippen LogP contribution in [0.3, 0.4) is 0 Å². The number of nitrogens with zero attached hydrogens (tertiary/aromatic N) is 1. The minimum absolute atomic E-state index is 0.155. The summed E-state index contributed by atoms with van der Waals surface area (Å²) in [4.78, 5) is 16.1.